The van der Waals surface area contributed by atoms with Gasteiger partial charge in [0.2, 0.25) is 0 Å². The van der Waals surface area contributed by atoms with E-state index in [2.05, 4.69) is 46.3 Å². The Labute approximate surface area is 189 Å². The number of Topliss-reactive ketones (excluding diaryl/α,β-unsaturated/α-hetero) is 2. The fourth-order valence-electron chi connectivity index (χ4n) is 4.27. The number of allylic oxidation sites excluding steroid dienone is 5. The Hall–Kier alpha value is -3.26. The van der Waals surface area contributed by atoms with Crippen molar-refractivity contribution in [2.45, 2.75) is 6.42 Å². The monoisotopic (exact) mass is 518 g/mol. The molecule has 0 atom stereocenters. The Bertz CT molecular complexity index is 1300. The predicted octanol–water partition coefficient (Wildman–Crippen LogP) is 3.41. The first kappa shape index (κ1) is 18.5. The number of nitrogens with zero attached hydrogens (tertiary/aromatic N) is 2. The van der Waals surface area contributed by atoms with Crippen LogP contribution in [0.1, 0.15) is 27.1 Å². The number of rotatable bonds is 2. The molecular weight excluding hydrogens is 500 g/mol. The maximum atomic E-state index is 12.8. The molecule has 1 aromatic heterocycles. The molecule has 0 radical (unpaired) electrons. The molecule has 2 heterocycles. The first-order chi connectivity index (χ1) is 15.2. The number of para-hydroxylation sites is 1. The second-order valence-corrected chi connectivity index (χ2v) is 10.5. The Morgan fingerprint density at radius 2 is 1.55 bits per heavy atom. The van der Waals surface area contributed by atoms with Crippen LogP contribution in [0, 0.1) is 0 Å². The summed E-state index contributed by atoms with van der Waals surface area (Å²) >= 11 is -0.534. The number of hydrogen-bond acceptors (Lipinski definition) is 4. The fourth-order valence-corrected chi connectivity index (χ4v) is 7.12. The number of ketones is 2. The number of anilines is 2. The first-order valence-corrected chi connectivity index (χ1v) is 12.4. The third kappa shape index (κ3) is 2.93. The van der Waals surface area contributed by atoms with E-state index in [1.807, 2.05) is 18.3 Å². The summed E-state index contributed by atoms with van der Waals surface area (Å²) in [6.07, 6.45) is 8.38. The molecule has 2 aliphatic carbocycles. The summed E-state index contributed by atoms with van der Waals surface area (Å²) in [6, 6.07) is 19.7. The zero-order valence-electron chi connectivity index (χ0n) is 16.4. The molecule has 148 valence electrons. The zero-order chi connectivity index (χ0) is 20.9. The number of carbonyl (C=O) groups excluding carboxylic acids is 2. The van der Waals surface area contributed by atoms with E-state index in [1.54, 1.807) is 30.3 Å². The zero-order valence-corrected chi connectivity index (χ0v) is 18.7. The molecule has 6 rings (SSSR count). The van der Waals surface area contributed by atoms with Crippen molar-refractivity contribution in [2.24, 2.45) is 0 Å². The van der Waals surface area contributed by atoms with Crippen molar-refractivity contribution < 1.29 is 9.59 Å². The van der Waals surface area contributed by atoms with E-state index in [0.29, 0.717) is 17.5 Å². The van der Waals surface area contributed by atoms with Gasteiger partial charge >= 0.3 is 190 Å². The van der Waals surface area contributed by atoms with Crippen molar-refractivity contribution in [3.8, 4) is 0 Å². The topological polar surface area (TPSA) is 50.3 Å². The third-order valence-electron chi connectivity index (χ3n) is 5.70. The molecule has 0 fully saturated rings. The molecule has 0 saturated heterocycles. The van der Waals surface area contributed by atoms with Crippen LogP contribution in [-0.2, 0) is 0 Å². The van der Waals surface area contributed by atoms with Crippen molar-refractivity contribution in [3.05, 3.63) is 113 Å². The second-order valence-electron chi connectivity index (χ2n) is 7.57. The standard InChI is InChI=1S/C26H16N2O2Te/c29-24-18-6-1-2-7-19(18)25(30)20(24)15-16-11-12-17(14-16)28-21-8-3-4-10-23(21)31-26-22(28)9-5-13-27-26/h1-13,15H,14H2. The molecule has 5 heteroatoms. The van der Waals surface area contributed by atoms with E-state index in [0.717, 1.165) is 17.0 Å². The van der Waals surface area contributed by atoms with Crippen LogP contribution in [0.2, 0.25) is 0 Å². The van der Waals surface area contributed by atoms with Gasteiger partial charge in [-0.05, 0) is 0 Å². The minimum atomic E-state index is -0.534. The van der Waals surface area contributed by atoms with E-state index in [-0.39, 0.29) is 17.1 Å². The number of fused-ring (bicyclic) bond motifs is 3. The number of benzene rings is 2. The van der Waals surface area contributed by atoms with Gasteiger partial charge in [0.1, 0.15) is 0 Å². The van der Waals surface area contributed by atoms with Crippen LogP contribution in [-0.4, -0.2) is 37.5 Å². The van der Waals surface area contributed by atoms with Crippen LogP contribution in [0.15, 0.2) is 102 Å². The molecule has 0 unspecified atom stereocenters. The normalized spacial score (nSPS) is 16.5. The van der Waals surface area contributed by atoms with Gasteiger partial charge < -0.3 is 0 Å². The Balaban J connectivity index is 1.33. The summed E-state index contributed by atoms with van der Waals surface area (Å²) in [5, 5.41) is 0. The number of carbonyl (C=O) groups is 2. The van der Waals surface area contributed by atoms with Gasteiger partial charge in [-0.25, -0.2) is 0 Å². The summed E-state index contributed by atoms with van der Waals surface area (Å²) in [7, 11) is 0. The number of aromatic nitrogens is 1. The van der Waals surface area contributed by atoms with Crippen LogP contribution in [0.4, 0.5) is 11.4 Å². The van der Waals surface area contributed by atoms with E-state index in [1.165, 1.54) is 13.0 Å². The Kier molecular flexibility index (Phi) is 4.27. The van der Waals surface area contributed by atoms with Crippen molar-refractivity contribution in [1.82, 2.24) is 4.98 Å². The van der Waals surface area contributed by atoms with Crippen LogP contribution in [0.3, 0.4) is 0 Å². The SMILES string of the molecule is O=C1C(=CC2=CC=C(N3c4ccccc4[Te]c4ncccc43)C2)C(=O)c2ccccc21. The molecule has 0 bridgehead atoms. The molecule has 3 aliphatic rings. The van der Waals surface area contributed by atoms with Gasteiger partial charge in [0.05, 0.1) is 0 Å². The van der Waals surface area contributed by atoms with E-state index in [4.69, 9.17) is 0 Å². The molecule has 31 heavy (non-hydrogen) atoms. The fraction of sp³-hybridized carbons (Fsp3) is 0.0385. The average molecular weight is 516 g/mol. The van der Waals surface area contributed by atoms with Gasteiger partial charge in [0, 0.05) is 0 Å². The first-order valence-electron chi connectivity index (χ1n) is 10.0. The summed E-state index contributed by atoms with van der Waals surface area (Å²) in [4.78, 5) is 32.4. The van der Waals surface area contributed by atoms with Gasteiger partial charge in [0.15, 0.2) is 0 Å². The second kappa shape index (κ2) is 7.16. The average Bonchev–Trinajstić information content (AvgIpc) is 3.36. The quantitative estimate of drug-likeness (QED) is 0.298. The van der Waals surface area contributed by atoms with Gasteiger partial charge in [-0.15, -0.1) is 0 Å². The van der Waals surface area contributed by atoms with E-state index < -0.39 is 20.9 Å². The molecule has 4 nitrogen and oxygen atoms in total. The van der Waals surface area contributed by atoms with Crippen molar-refractivity contribution >= 4 is 51.2 Å². The van der Waals surface area contributed by atoms with Crippen LogP contribution >= 0.6 is 0 Å². The molecule has 0 amide bonds. The molecule has 2 aromatic carbocycles. The van der Waals surface area contributed by atoms with E-state index in [9.17, 15) is 9.59 Å². The number of pyridine rings is 1. The van der Waals surface area contributed by atoms with Gasteiger partial charge in [-0.3, -0.25) is 0 Å². The Morgan fingerprint density at radius 1 is 0.839 bits per heavy atom. The molecular formula is C26H16N2O2Te. The third-order valence-corrected chi connectivity index (χ3v) is 8.76. The molecule has 3 aromatic rings. The van der Waals surface area contributed by atoms with Crippen LogP contribution < -0.4 is 12.3 Å². The van der Waals surface area contributed by atoms with Gasteiger partial charge in [-0.1, -0.05) is 0 Å². The van der Waals surface area contributed by atoms with Gasteiger partial charge in [0.25, 0.3) is 0 Å². The Morgan fingerprint density at radius 3 is 2.35 bits per heavy atom. The summed E-state index contributed by atoms with van der Waals surface area (Å²) in [6.45, 7) is 0. The summed E-state index contributed by atoms with van der Waals surface area (Å²) < 4.78 is 2.54. The van der Waals surface area contributed by atoms with Crippen LogP contribution in [0.25, 0.3) is 0 Å². The predicted molar refractivity (Wildman–Crippen MR) is 122 cm³/mol. The van der Waals surface area contributed by atoms with E-state index >= 15 is 0 Å². The van der Waals surface area contributed by atoms with Crippen molar-refractivity contribution in [2.75, 3.05) is 4.90 Å². The minimum absolute atomic E-state index is 0.182. The van der Waals surface area contributed by atoms with Crippen molar-refractivity contribution in [1.29, 1.82) is 0 Å². The maximum absolute atomic E-state index is 12.8. The number of hydrogen-bond donors (Lipinski definition) is 0. The van der Waals surface area contributed by atoms with Crippen LogP contribution in [0.5, 0.6) is 0 Å². The molecule has 1 aliphatic heterocycles. The summed E-state index contributed by atoms with van der Waals surface area (Å²) in [5.41, 5.74) is 5.69. The molecule has 0 N–H and O–H groups in total. The molecule has 0 spiro atoms. The summed E-state index contributed by atoms with van der Waals surface area (Å²) in [5.74, 6) is -0.364. The van der Waals surface area contributed by atoms with Gasteiger partial charge in [-0.2, -0.15) is 0 Å². The van der Waals surface area contributed by atoms with Crippen molar-refractivity contribution in [3.63, 3.8) is 0 Å². The molecule has 0 saturated carbocycles.